The molecule has 0 spiro atoms. The van der Waals surface area contributed by atoms with Crippen molar-refractivity contribution in [1.29, 1.82) is 0 Å². The number of carbonyl (C=O) groups excluding carboxylic acids is 1. The fourth-order valence-corrected chi connectivity index (χ4v) is 1.97. The first-order chi connectivity index (χ1) is 4.84. The third-order valence-electron chi connectivity index (χ3n) is 2.64. The van der Waals surface area contributed by atoms with Gasteiger partial charge in [0.1, 0.15) is 0 Å². The summed E-state index contributed by atoms with van der Waals surface area (Å²) in [6.07, 6.45) is 0. The van der Waals surface area contributed by atoms with Crippen LogP contribution in [0, 0.1) is 17.8 Å². The minimum atomic E-state index is 0.233. The molecular weight excluding hydrogens is 128 g/mol. The number of piperidine rings is 1. The first kappa shape index (κ1) is 6.16. The summed E-state index contributed by atoms with van der Waals surface area (Å²) in [7, 11) is 1.71. The van der Waals surface area contributed by atoms with Gasteiger partial charge in [-0.1, -0.05) is 0 Å². The molecule has 2 fully saturated rings. The van der Waals surface area contributed by atoms with Crippen LogP contribution in [0.2, 0.25) is 0 Å². The van der Waals surface area contributed by atoms with Crippen molar-refractivity contribution in [3.63, 3.8) is 0 Å². The zero-order chi connectivity index (χ0) is 7.14. The normalized spacial score (nSPS) is 42.7. The monoisotopic (exact) mass is 140 g/mol. The van der Waals surface area contributed by atoms with E-state index in [-0.39, 0.29) is 5.91 Å². The van der Waals surface area contributed by atoms with Crippen molar-refractivity contribution in [3.8, 4) is 0 Å². The van der Waals surface area contributed by atoms with E-state index >= 15 is 0 Å². The third kappa shape index (κ3) is 0.669. The molecule has 1 aliphatic carbocycles. The minimum absolute atomic E-state index is 0.233. The van der Waals surface area contributed by atoms with Crippen LogP contribution in [-0.4, -0.2) is 26.0 Å². The molecule has 0 aromatic heterocycles. The van der Waals surface area contributed by atoms with E-state index in [2.05, 4.69) is 10.6 Å². The number of nitrogens with one attached hydrogen (secondary N) is 2. The lowest BCUT2D eigenvalue weighted by Crippen LogP contribution is -2.26. The Kier molecular flexibility index (Phi) is 1.20. The SMILES string of the molecule is CNC(=O)[C@H]1[C@@H]2CNC[C@@H]21. The van der Waals surface area contributed by atoms with Gasteiger partial charge < -0.3 is 10.6 Å². The van der Waals surface area contributed by atoms with Crippen molar-refractivity contribution in [1.82, 2.24) is 10.6 Å². The summed E-state index contributed by atoms with van der Waals surface area (Å²) in [6, 6.07) is 0. The Labute approximate surface area is 60.2 Å². The lowest BCUT2D eigenvalue weighted by Gasteiger charge is -2.01. The molecule has 56 valence electrons. The van der Waals surface area contributed by atoms with Crippen molar-refractivity contribution in [2.75, 3.05) is 20.1 Å². The van der Waals surface area contributed by atoms with Crippen molar-refractivity contribution in [2.24, 2.45) is 17.8 Å². The molecule has 2 aliphatic rings. The molecule has 3 heteroatoms. The van der Waals surface area contributed by atoms with E-state index in [0.29, 0.717) is 17.8 Å². The highest BCUT2D eigenvalue weighted by Crippen LogP contribution is 2.48. The third-order valence-corrected chi connectivity index (χ3v) is 2.64. The van der Waals surface area contributed by atoms with E-state index < -0.39 is 0 Å². The van der Waals surface area contributed by atoms with Gasteiger partial charge in [0.2, 0.25) is 5.91 Å². The predicted octanol–water partition coefficient (Wildman–Crippen LogP) is -0.802. The van der Waals surface area contributed by atoms with Gasteiger partial charge in [-0.05, 0) is 24.9 Å². The molecule has 3 nitrogen and oxygen atoms in total. The van der Waals surface area contributed by atoms with Gasteiger partial charge in [-0.25, -0.2) is 0 Å². The highest BCUT2D eigenvalue weighted by Gasteiger charge is 2.56. The molecule has 1 aliphatic heterocycles. The molecular formula is C7H12N2O. The molecule has 1 amide bonds. The summed E-state index contributed by atoms with van der Waals surface area (Å²) in [6.45, 7) is 2.09. The number of carbonyl (C=O) groups is 1. The van der Waals surface area contributed by atoms with Crippen LogP contribution in [0.15, 0.2) is 0 Å². The van der Waals surface area contributed by atoms with Crippen molar-refractivity contribution < 1.29 is 4.79 Å². The van der Waals surface area contributed by atoms with Gasteiger partial charge >= 0.3 is 0 Å². The smallest absolute Gasteiger partial charge is 0.223 e. The van der Waals surface area contributed by atoms with E-state index in [1.165, 1.54) is 0 Å². The molecule has 3 atom stereocenters. The summed E-state index contributed by atoms with van der Waals surface area (Å²) in [5.74, 6) is 1.88. The largest absolute Gasteiger partial charge is 0.359 e. The van der Waals surface area contributed by atoms with Crippen LogP contribution in [0.25, 0.3) is 0 Å². The molecule has 1 saturated heterocycles. The number of amides is 1. The van der Waals surface area contributed by atoms with Crippen LogP contribution in [0.3, 0.4) is 0 Å². The highest BCUT2D eigenvalue weighted by molar-refractivity contribution is 5.82. The van der Waals surface area contributed by atoms with Gasteiger partial charge in [0.25, 0.3) is 0 Å². The fourth-order valence-electron chi connectivity index (χ4n) is 1.97. The van der Waals surface area contributed by atoms with Gasteiger partial charge in [-0.2, -0.15) is 0 Å². The van der Waals surface area contributed by atoms with Crippen LogP contribution >= 0.6 is 0 Å². The highest BCUT2D eigenvalue weighted by atomic mass is 16.2. The summed E-state index contributed by atoms with van der Waals surface area (Å²) >= 11 is 0. The molecule has 0 aromatic rings. The van der Waals surface area contributed by atoms with E-state index in [0.717, 1.165) is 13.1 Å². The predicted molar refractivity (Wildman–Crippen MR) is 37.4 cm³/mol. The van der Waals surface area contributed by atoms with E-state index in [9.17, 15) is 4.79 Å². The fraction of sp³-hybridized carbons (Fsp3) is 0.857. The minimum Gasteiger partial charge on any atom is -0.359 e. The second-order valence-corrected chi connectivity index (χ2v) is 3.13. The van der Waals surface area contributed by atoms with Crippen LogP contribution < -0.4 is 10.6 Å². The van der Waals surface area contributed by atoms with Gasteiger partial charge in [-0.15, -0.1) is 0 Å². The Morgan fingerprint density at radius 2 is 2.10 bits per heavy atom. The van der Waals surface area contributed by atoms with Crippen molar-refractivity contribution in [2.45, 2.75) is 0 Å². The summed E-state index contributed by atoms with van der Waals surface area (Å²) in [5, 5.41) is 5.94. The van der Waals surface area contributed by atoms with E-state index in [1.54, 1.807) is 7.05 Å². The molecule has 10 heavy (non-hydrogen) atoms. The standard InChI is InChI=1S/C7H12N2O/c1-8-7(10)6-4-2-9-3-5(4)6/h4-6,9H,2-3H2,1H3,(H,8,10)/t4-,5+,6+. The summed E-state index contributed by atoms with van der Waals surface area (Å²) < 4.78 is 0. The summed E-state index contributed by atoms with van der Waals surface area (Å²) in [4.78, 5) is 11.0. The van der Waals surface area contributed by atoms with Crippen LogP contribution in [0.4, 0.5) is 0 Å². The molecule has 0 unspecified atom stereocenters. The van der Waals surface area contributed by atoms with E-state index in [1.807, 2.05) is 0 Å². The average Bonchev–Trinajstić information content (AvgIpc) is 2.43. The van der Waals surface area contributed by atoms with Gasteiger partial charge in [0.15, 0.2) is 0 Å². The topological polar surface area (TPSA) is 41.1 Å². The zero-order valence-electron chi connectivity index (χ0n) is 6.05. The summed E-state index contributed by atoms with van der Waals surface area (Å²) in [5.41, 5.74) is 0. The molecule has 0 radical (unpaired) electrons. The first-order valence-corrected chi connectivity index (χ1v) is 3.77. The second-order valence-electron chi connectivity index (χ2n) is 3.13. The lowest BCUT2D eigenvalue weighted by molar-refractivity contribution is -0.122. The number of rotatable bonds is 1. The molecule has 1 saturated carbocycles. The average molecular weight is 140 g/mol. The molecule has 2 rings (SSSR count). The Morgan fingerprint density at radius 3 is 2.60 bits per heavy atom. The Hall–Kier alpha value is -0.570. The Morgan fingerprint density at radius 1 is 1.50 bits per heavy atom. The Bertz CT molecular complexity index is 159. The molecule has 1 heterocycles. The quantitative estimate of drug-likeness (QED) is 0.500. The van der Waals surface area contributed by atoms with Crippen LogP contribution in [0.1, 0.15) is 0 Å². The van der Waals surface area contributed by atoms with Gasteiger partial charge in [0.05, 0.1) is 0 Å². The molecule has 0 bridgehead atoms. The first-order valence-electron chi connectivity index (χ1n) is 3.77. The van der Waals surface area contributed by atoms with Crippen LogP contribution in [-0.2, 0) is 4.79 Å². The van der Waals surface area contributed by atoms with Crippen molar-refractivity contribution in [3.05, 3.63) is 0 Å². The van der Waals surface area contributed by atoms with Crippen molar-refractivity contribution >= 4 is 5.91 Å². The van der Waals surface area contributed by atoms with Crippen LogP contribution in [0.5, 0.6) is 0 Å². The maximum atomic E-state index is 11.0. The maximum absolute atomic E-state index is 11.0. The molecule has 2 N–H and O–H groups in total. The number of hydrogen-bond donors (Lipinski definition) is 2. The van der Waals surface area contributed by atoms with Gasteiger partial charge in [0, 0.05) is 13.0 Å². The van der Waals surface area contributed by atoms with Gasteiger partial charge in [-0.3, -0.25) is 4.79 Å². The Balaban J connectivity index is 1.94. The molecule has 0 aromatic carbocycles. The van der Waals surface area contributed by atoms with E-state index in [4.69, 9.17) is 0 Å². The zero-order valence-corrected chi connectivity index (χ0v) is 6.05. The second kappa shape index (κ2) is 1.95. The maximum Gasteiger partial charge on any atom is 0.223 e. The lowest BCUT2D eigenvalue weighted by atomic mass is 10.3. The number of fused-ring (bicyclic) bond motifs is 1. The number of hydrogen-bond acceptors (Lipinski definition) is 2.